The molecule has 2 aromatic heterocycles. The number of nitrogens with two attached hydrogens (primary N) is 1. The van der Waals surface area contributed by atoms with E-state index in [-0.39, 0.29) is 11.4 Å². The van der Waals surface area contributed by atoms with E-state index in [1.54, 1.807) is 4.57 Å². The fourth-order valence-electron chi connectivity index (χ4n) is 1.16. The molecule has 2 heterocycles. The van der Waals surface area contributed by atoms with Crippen molar-refractivity contribution < 1.29 is 0 Å². The highest BCUT2D eigenvalue weighted by atomic mass is 32.2. The molecule has 0 radical (unpaired) electrons. The predicted octanol–water partition coefficient (Wildman–Crippen LogP) is 0.435. The number of rotatable bonds is 3. The Morgan fingerprint density at radius 1 is 1.65 bits per heavy atom. The average molecular weight is 270 g/mol. The molecule has 90 valence electrons. The lowest BCUT2D eigenvalue weighted by Gasteiger charge is -2.01. The van der Waals surface area contributed by atoms with Crippen LogP contribution in [-0.4, -0.2) is 24.7 Å². The number of nitrogens with zero attached hydrogens (tertiary/aromatic N) is 3. The molecule has 17 heavy (non-hydrogen) atoms. The number of hydrogen-bond acceptors (Lipinski definition) is 6. The Kier molecular flexibility index (Phi) is 3.29. The summed E-state index contributed by atoms with van der Waals surface area (Å²) in [5.74, 6) is 1.51. The van der Waals surface area contributed by atoms with E-state index >= 15 is 0 Å². The van der Waals surface area contributed by atoms with Gasteiger partial charge in [-0.25, -0.2) is 4.98 Å². The molecular weight excluding hydrogens is 260 g/mol. The smallest absolute Gasteiger partial charge is 0.253 e. The topological polar surface area (TPSA) is 105 Å². The second-order valence-electron chi connectivity index (χ2n) is 3.27. The van der Waals surface area contributed by atoms with Gasteiger partial charge >= 0.3 is 0 Å². The molecule has 2 aromatic rings. The molecule has 0 saturated heterocycles. The molecule has 0 bridgehead atoms. The van der Waals surface area contributed by atoms with Crippen LogP contribution in [0.2, 0.25) is 0 Å². The zero-order chi connectivity index (χ0) is 12.4. The highest BCUT2D eigenvalue weighted by Crippen LogP contribution is 2.16. The number of anilines is 1. The van der Waals surface area contributed by atoms with Crippen LogP contribution in [0.4, 0.5) is 5.82 Å². The van der Waals surface area contributed by atoms with Gasteiger partial charge in [0.15, 0.2) is 9.93 Å². The molecule has 0 spiro atoms. The van der Waals surface area contributed by atoms with Gasteiger partial charge in [0.2, 0.25) is 0 Å². The van der Waals surface area contributed by atoms with Crippen molar-refractivity contribution >= 4 is 29.8 Å². The van der Waals surface area contributed by atoms with Crippen molar-refractivity contribution in [3.63, 3.8) is 0 Å². The van der Waals surface area contributed by atoms with E-state index in [0.717, 1.165) is 5.82 Å². The number of hydrogen-bond donors (Lipinski definition) is 3. The Morgan fingerprint density at radius 3 is 3.00 bits per heavy atom. The van der Waals surface area contributed by atoms with Gasteiger partial charge in [-0.2, -0.15) is 5.10 Å². The minimum absolute atomic E-state index is 0.201. The molecule has 4 N–H and O–H groups in total. The molecule has 0 saturated carbocycles. The molecule has 0 aromatic carbocycles. The lowest BCUT2D eigenvalue weighted by molar-refractivity contribution is 0.836. The van der Waals surface area contributed by atoms with Gasteiger partial charge in [0.1, 0.15) is 11.6 Å². The fraction of sp³-hybridized carbons (Fsp3) is 0.250. The molecule has 2 rings (SSSR count). The van der Waals surface area contributed by atoms with E-state index in [4.69, 9.17) is 18.0 Å². The molecule has 9 heteroatoms. The fourth-order valence-corrected chi connectivity index (χ4v) is 2.18. The summed E-state index contributed by atoms with van der Waals surface area (Å²) >= 11 is 6.32. The van der Waals surface area contributed by atoms with E-state index in [0.29, 0.717) is 15.7 Å². The van der Waals surface area contributed by atoms with Gasteiger partial charge in [-0.15, -0.1) is 0 Å². The number of H-pyrrole nitrogens is 2. The minimum atomic E-state index is -0.268. The Hall–Kier alpha value is -1.61. The summed E-state index contributed by atoms with van der Waals surface area (Å²) < 4.78 is 2.31. The zero-order valence-electron chi connectivity index (χ0n) is 8.93. The Balaban J connectivity index is 2.15. The predicted molar refractivity (Wildman–Crippen MR) is 67.2 cm³/mol. The van der Waals surface area contributed by atoms with E-state index in [1.807, 2.05) is 7.05 Å². The van der Waals surface area contributed by atoms with Crippen molar-refractivity contribution in [2.45, 2.75) is 10.9 Å². The van der Waals surface area contributed by atoms with Crippen molar-refractivity contribution in [1.29, 1.82) is 0 Å². The zero-order valence-corrected chi connectivity index (χ0v) is 10.6. The van der Waals surface area contributed by atoms with Crippen LogP contribution in [-0.2, 0) is 12.8 Å². The summed E-state index contributed by atoms with van der Waals surface area (Å²) in [5, 5.41) is 7.19. The number of aromatic nitrogens is 5. The number of aromatic amines is 2. The van der Waals surface area contributed by atoms with Gasteiger partial charge in [0.05, 0.1) is 5.75 Å². The van der Waals surface area contributed by atoms with Crippen LogP contribution in [0.15, 0.2) is 16.0 Å². The van der Waals surface area contributed by atoms with Crippen molar-refractivity contribution in [2.75, 3.05) is 5.73 Å². The quantitative estimate of drug-likeness (QED) is 0.424. The lowest BCUT2D eigenvalue weighted by atomic mass is 10.6. The monoisotopic (exact) mass is 270 g/mol. The first-order chi connectivity index (χ1) is 8.06. The third-order valence-corrected chi connectivity index (χ3v) is 3.28. The highest BCUT2D eigenvalue weighted by molar-refractivity contribution is 7.98. The van der Waals surface area contributed by atoms with Crippen LogP contribution in [0.3, 0.4) is 0 Å². The van der Waals surface area contributed by atoms with Crippen molar-refractivity contribution in [1.82, 2.24) is 24.7 Å². The van der Waals surface area contributed by atoms with Crippen molar-refractivity contribution in [2.24, 2.45) is 7.05 Å². The standard InChI is InChI=1S/C8H10N6OS2/c1-14-5(12-13-8(14)16)3-17-7-10-4(9)2-6(15)11-7/h2H,3H2,1H3,(H,13,16)(H3,9,10,11,15). The third kappa shape index (κ3) is 2.74. The first-order valence-electron chi connectivity index (χ1n) is 4.66. The molecule has 0 atom stereocenters. The third-order valence-electron chi connectivity index (χ3n) is 2.05. The van der Waals surface area contributed by atoms with Crippen molar-refractivity contribution in [3.05, 3.63) is 27.0 Å². The number of thioether (sulfide) groups is 1. The molecule has 0 aliphatic rings. The largest absolute Gasteiger partial charge is 0.383 e. The lowest BCUT2D eigenvalue weighted by Crippen LogP contribution is -2.09. The Labute approximate surface area is 105 Å². The average Bonchev–Trinajstić information content (AvgIpc) is 2.56. The van der Waals surface area contributed by atoms with E-state index < -0.39 is 0 Å². The van der Waals surface area contributed by atoms with Gasteiger partial charge in [0, 0.05) is 13.1 Å². The van der Waals surface area contributed by atoms with E-state index in [1.165, 1.54) is 17.8 Å². The van der Waals surface area contributed by atoms with Crippen LogP contribution in [0.25, 0.3) is 0 Å². The number of nitrogens with one attached hydrogen (secondary N) is 2. The Morgan fingerprint density at radius 2 is 2.41 bits per heavy atom. The molecule has 0 aliphatic carbocycles. The van der Waals surface area contributed by atoms with Gasteiger partial charge in [-0.1, -0.05) is 11.8 Å². The summed E-state index contributed by atoms with van der Waals surface area (Å²) in [7, 11) is 1.82. The summed E-state index contributed by atoms with van der Waals surface area (Å²) in [5.41, 5.74) is 5.21. The SMILES string of the molecule is Cn1c(CSc2nc(N)cc(=O)[nH]2)n[nH]c1=S. The second kappa shape index (κ2) is 4.72. The van der Waals surface area contributed by atoms with E-state index in [9.17, 15) is 4.79 Å². The molecule has 0 aliphatic heterocycles. The highest BCUT2D eigenvalue weighted by Gasteiger charge is 2.05. The van der Waals surface area contributed by atoms with Crippen LogP contribution >= 0.6 is 24.0 Å². The van der Waals surface area contributed by atoms with Crippen LogP contribution < -0.4 is 11.3 Å². The van der Waals surface area contributed by atoms with Gasteiger partial charge in [-0.05, 0) is 12.2 Å². The summed E-state index contributed by atoms with van der Waals surface area (Å²) in [6, 6.07) is 1.24. The molecular formula is C8H10N6OS2. The second-order valence-corrected chi connectivity index (χ2v) is 4.62. The molecule has 0 unspecified atom stereocenters. The van der Waals surface area contributed by atoms with Crippen LogP contribution in [0.1, 0.15) is 5.82 Å². The van der Waals surface area contributed by atoms with Crippen molar-refractivity contribution in [3.8, 4) is 0 Å². The van der Waals surface area contributed by atoms with Gasteiger partial charge in [0.25, 0.3) is 5.56 Å². The van der Waals surface area contributed by atoms with Gasteiger partial charge in [-0.3, -0.25) is 9.89 Å². The maximum Gasteiger partial charge on any atom is 0.253 e. The van der Waals surface area contributed by atoms with Crippen LogP contribution in [0.5, 0.6) is 0 Å². The number of nitrogen functional groups attached to an aromatic ring is 1. The van der Waals surface area contributed by atoms with E-state index in [2.05, 4.69) is 20.2 Å². The maximum atomic E-state index is 11.2. The summed E-state index contributed by atoms with van der Waals surface area (Å²) in [6.45, 7) is 0. The first kappa shape index (κ1) is 11.9. The Bertz CT molecular complexity index is 642. The van der Waals surface area contributed by atoms with Crippen LogP contribution in [0, 0.1) is 4.77 Å². The summed E-state index contributed by atoms with van der Waals surface area (Å²) in [4.78, 5) is 17.7. The minimum Gasteiger partial charge on any atom is -0.383 e. The molecule has 0 fully saturated rings. The van der Waals surface area contributed by atoms with Gasteiger partial charge < -0.3 is 15.3 Å². The molecule has 7 nitrogen and oxygen atoms in total. The maximum absolute atomic E-state index is 11.2. The first-order valence-corrected chi connectivity index (χ1v) is 6.05. The normalized spacial score (nSPS) is 10.6. The summed E-state index contributed by atoms with van der Waals surface area (Å²) in [6.07, 6.45) is 0. The molecule has 0 amide bonds.